The fraction of sp³-hybridized carbons (Fsp3) is 0.929. The Kier molecular flexibility index (Phi) is 3.97. The van der Waals surface area contributed by atoms with Crippen molar-refractivity contribution in [1.82, 2.24) is 15.1 Å². The minimum Gasteiger partial charge on any atom is -0.338 e. The zero-order valence-electron chi connectivity index (χ0n) is 12.2. The number of nitrogens with zero attached hydrogens (tertiary/aromatic N) is 2. The first kappa shape index (κ1) is 13.8. The number of piperazine rings is 1. The van der Waals surface area contributed by atoms with Crippen LogP contribution in [0.15, 0.2) is 0 Å². The number of likely N-dealkylation sites (N-methyl/N-ethyl adjacent to an activating group) is 1. The van der Waals surface area contributed by atoms with Gasteiger partial charge in [0.05, 0.1) is 6.04 Å². The maximum absolute atomic E-state index is 12.5. The highest BCUT2D eigenvalue weighted by Gasteiger charge is 2.36. The Morgan fingerprint density at radius 3 is 2.61 bits per heavy atom. The van der Waals surface area contributed by atoms with Crippen LogP contribution in [0.25, 0.3) is 0 Å². The van der Waals surface area contributed by atoms with Crippen LogP contribution in [0.1, 0.15) is 40.0 Å². The number of piperidine rings is 1. The maximum Gasteiger partial charge on any atom is 0.239 e. The first-order valence-electron chi connectivity index (χ1n) is 7.16. The summed E-state index contributed by atoms with van der Waals surface area (Å²) in [6.07, 6.45) is 3.36. The molecule has 0 aromatic heterocycles. The fourth-order valence-electron chi connectivity index (χ4n) is 2.98. The standard InChI is InChI=1S/C14H27N3O/c1-11-6-5-7-12(15-11)13(18)17-9-8-16(4)14(2,3)10-17/h11-12,15H,5-10H2,1-4H3. The molecule has 2 aliphatic heterocycles. The second-order valence-corrected chi connectivity index (χ2v) is 6.54. The van der Waals surface area contributed by atoms with Gasteiger partial charge in [-0.25, -0.2) is 0 Å². The number of nitrogens with one attached hydrogen (secondary N) is 1. The van der Waals surface area contributed by atoms with E-state index < -0.39 is 0 Å². The summed E-state index contributed by atoms with van der Waals surface area (Å²) in [7, 11) is 2.14. The minimum absolute atomic E-state index is 0.0490. The molecule has 2 saturated heterocycles. The summed E-state index contributed by atoms with van der Waals surface area (Å²) in [4.78, 5) is 16.9. The van der Waals surface area contributed by atoms with E-state index in [-0.39, 0.29) is 11.6 Å². The van der Waals surface area contributed by atoms with Gasteiger partial charge in [0.2, 0.25) is 5.91 Å². The van der Waals surface area contributed by atoms with Crippen molar-refractivity contribution in [3.63, 3.8) is 0 Å². The average Bonchev–Trinajstić information content (AvgIpc) is 2.31. The van der Waals surface area contributed by atoms with Crippen LogP contribution in [0.5, 0.6) is 0 Å². The number of carbonyl (C=O) groups is 1. The zero-order valence-corrected chi connectivity index (χ0v) is 12.2. The van der Waals surface area contributed by atoms with Gasteiger partial charge in [0, 0.05) is 31.2 Å². The number of rotatable bonds is 1. The molecule has 2 atom stereocenters. The van der Waals surface area contributed by atoms with Crippen LogP contribution < -0.4 is 5.32 Å². The molecule has 104 valence electrons. The second kappa shape index (κ2) is 5.17. The Balaban J connectivity index is 1.97. The molecule has 0 spiro atoms. The van der Waals surface area contributed by atoms with Crippen molar-refractivity contribution in [3.05, 3.63) is 0 Å². The van der Waals surface area contributed by atoms with E-state index in [2.05, 4.69) is 42.9 Å². The first-order valence-corrected chi connectivity index (χ1v) is 7.16. The molecule has 18 heavy (non-hydrogen) atoms. The largest absolute Gasteiger partial charge is 0.338 e. The Hall–Kier alpha value is -0.610. The Morgan fingerprint density at radius 2 is 2.00 bits per heavy atom. The van der Waals surface area contributed by atoms with Gasteiger partial charge in [0.25, 0.3) is 0 Å². The molecule has 2 aliphatic rings. The quantitative estimate of drug-likeness (QED) is 0.759. The van der Waals surface area contributed by atoms with Gasteiger partial charge >= 0.3 is 0 Å². The van der Waals surface area contributed by atoms with Crippen molar-refractivity contribution in [3.8, 4) is 0 Å². The van der Waals surface area contributed by atoms with E-state index in [4.69, 9.17) is 0 Å². The predicted octanol–water partition coefficient (Wildman–Crippen LogP) is 1.07. The fourth-order valence-corrected chi connectivity index (χ4v) is 2.98. The minimum atomic E-state index is 0.0490. The molecule has 4 nitrogen and oxygen atoms in total. The van der Waals surface area contributed by atoms with Crippen molar-refractivity contribution in [2.75, 3.05) is 26.7 Å². The van der Waals surface area contributed by atoms with Gasteiger partial charge in [0.1, 0.15) is 0 Å². The monoisotopic (exact) mass is 253 g/mol. The normalized spacial score (nSPS) is 33.4. The highest BCUT2D eigenvalue weighted by atomic mass is 16.2. The summed E-state index contributed by atoms with van der Waals surface area (Å²) in [6.45, 7) is 9.28. The lowest BCUT2D eigenvalue weighted by molar-refractivity contribution is -0.138. The van der Waals surface area contributed by atoms with Crippen LogP contribution in [0.4, 0.5) is 0 Å². The van der Waals surface area contributed by atoms with E-state index in [1.807, 2.05) is 0 Å². The van der Waals surface area contributed by atoms with Crippen LogP contribution in [-0.2, 0) is 4.79 Å². The van der Waals surface area contributed by atoms with Gasteiger partial charge in [-0.15, -0.1) is 0 Å². The smallest absolute Gasteiger partial charge is 0.239 e. The van der Waals surface area contributed by atoms with E-state index in [1.54, 1.807) is 0 Å². The summed E-state index contributed by atoms with van der Waals surface area (Å²) in [5.41, 5.74) is 0.0915. The van der Waals surface area contributed by atoms with E-state index in [0.717, 1.165) is 26.1 Å². The van der Waals surface area contributed by atoms with Crippen LogP contribution >= 0.6 is 0 Å². The maximum atomic E-state index is 12.5. The average molecular weight is 253 g/mol. The van der Waals surface area contributed by atoms with Crippen LogP contribution in [0, 0.1) is 0 Å². The number of carbonyl (C=O) groups excluding carboxylic acids is 1. The van der Waals surface area contributed by atoms with Gasteiger partial charge in [-0.05, 0) is 47.1 Å². The predicted molar refractivity (Wildman–Crippen MR) is 73.5 cm³/mol. The van der Waals surface area contributed by atoms with Gasteiger partial charge in [0.15, 0.2) is 0 Å². The second-order valence-electron chi connectivity index (χ2n) is 6.54. The number of hydrogen-bond acceptors (Lipinski definition) is 3. The molecule has 0 radical (unpaired) electrons. The van der Waals surface area contributed by atoms with Gasteiger partial charge in [-0.2, -0.15) is 0 Å². The third kappa shape index (κ3) is 2.86. The van der Waals surface area contributed by atoms with E-state index >= 15 is 0 Å². The third-order valence-electron chi connectivity index (χ3n) is 4.54. The third-order valence-corrected chi connectivity index (χ3v) is 4.54. The molecule has 2 heterocycles. The Bertz CT molecular complexity index is 316. The lowest BCUT2D eigenvalue weighted by atomic mass is 9.96. The van der Waals surface area contributed by atoms with Crippen LogP contribution in [0.2, 0.25) is 0 Å². The molecule has 1 N–H and O–H groups in total. The lowest BCUT2D eigenvalue weighted by Gasteiger charge is -2.46. The number of amides is 1. The molecule has 0 aromatic rings. The lowest BCUT2D eigenvalue weighted by Crippen LogP contribution is -2.62. The summed E-state index contributed by atoms with van der Waals surface area (Å²) < 4.78 is 0. The summed E-state index contributed by atoms with van der Waals surface area (Å²) in [5, 5.41) is 3.45. The van der Waals surface area contributed by atoms with Gasteiger partial charge in [-0.1, -0.05) is 0 Å². The SMILES string of the molecule is CC1CCCC(C(=O)N2CCN(C)C(C)(C)C2)N1. The molecule has 2 rings (SSSR count). The molecule has 4 heteroatoms. The number of hydrogen-bond donors (Lipinski definition) is 1. The highest BCUT2D eigenvalue weighted by molar-refractivity contribution is 5.82. The first-order chi connectivity index (χ1) is 8.40. The molecule has 2 fully saturated rings. The summed E-state index contributed by atoms with van der Waals surface area (Å²) in [6, 6.07) is 0.529. The van der Waals surface area contributed by atoms with Crippen LogP contribution in [-0.4, -0.2) is 60.0 Å². The van der Waals surface area contributed by atoms with Crippen molar-refractivity contribution >= 4 is 5.91 Å². The van der Waals surface area contributed by atoms with E-state index in [0.29, 0.717) is 11.9 Å². The van der Waals surface area contributed by atoms with Crippen molar-refractivity contribution in [2.24, 2.45) is 0 Å². The highest BCUT2D eigenvalue weighted by Crippen LogP contribution is 2.21. The van der Waals surface area contributed by atoms with Gasteiger partial charge in [-0.3, -0.25) is 9.69 Å². The summed E-state index contributed by atoms with van der Waals surface area (Å²) in [5.74, 6) is 0.308. The molecule has 0 bridgehead atoms. The van der Waals surface area contributed by atoms with Crippen LogP contribution in [0.3, 0.4) is 0 Å². The molecule has 0 aliphatic carbocycles. The zero-order chi connectivity index (χ0) is 13.3. The topological polar surface area (TPSA) is 35.6 Å². The van der Waals surface area contributed by atoms with E-state index in [9.17, 15) is 4.79 Å². The van der Waals surface area contributed by atoms with Crippen molar-refractivity contribution in [1.29, 1.82) is 0 Å². The van der Waals surface area contributed by atoms with Crippen molar-refractivity contribution < 1.29 is 4.79 Å². The van der Waals surface area contributed by atoms with Gasteiger partial charge < -0.3 is 10.2 Å². The molecule has 2 unspecified atom stereocenters. The Labute approximate surface area is 111 Å². The molecule has 1 amide bonds. The molecule has 0 aromatic carbocycles. The summed E-state index contributed by atoms with van der Waals surface area (Å²) >= 11 is 0. The molecular weight excluding hydrogens is 226 g/mol. The van der Waals surface area contributed by atoms with Crippen molar-refractivity contribution in [2.45, 2.75) is 57.7 Å². The Morgan fingerprint density at radius 1 is 1.28 bits per heavy atom. The molecular formula is C14H27N3O. The van der Waals surface area contributed by atoms with E-state index in [1.165, 1.54) is 12.8 Å². The molecule has 0 saturated carbocycles.